The molecular weight excluding hydrogens is 307 g/mol. The number of rotatable bonds is 3. The minimum atomic E-state index is -0.271. The van der Waals surface area contributed by atoms with Crippen LogP contribution in [-0.2, 0) is 0 Å². The zero-order valence-corrected chi connectivity index (χ0v) is 13.8. The first-order chi connectivity index (χ1) is 11.6. The molecule has 6 heteroatoms. The third-order valence-corrected chi connectivity index (χ3v) is 4.81. The van der Waals surface area contributed by atoms with Crippen LogP contribution in [0.2, 0.25) is 0 Å². The number of hydrogen-bond donors (Lipinski definition) is 0. The summed E-state index contributed by atoms with van der Waals surface area (Å²) in [6, 6.07) is 8.18. The molecule has 1 saturated carbocycles. The molecule has 1 aliphatic heterocycles. The van der Waals surface area contributed by atoms with Gasteiger partial charge in [-0.2, -0.15) is 5.10 Å². The topological polar surface area (TPSA) is 41.4 Å². The van der Waals surface area contributed by atoms with Crippen LogP contribution in [0, 0.1) is 5.82 Å². The van der Waals surface area contributed by atoms with E-state index in [1.54, 1.807) is 16.8 Å². The van der Waals surface area contributed by atoms with E-state index in [9.17, 15) is 9.18 Å². The Balaban J connectivity index is 1.63. The summed E-state index contributed by atoms with van der Waals surface area (Å²) in [6.07, 6.45) is 2.24. The molecule has 1 amide bonds. The lowest BCUT2D eigenvalue weighted by atomic mass is 10.2. The van der Waals surface area contributed by atoms with Crippen LogP contribution in [0.4, 0.5) is 4.39 Å². The molecule has 2 fully saturated rings. The number of piperazine rings is 1. The minimum Gasteiger partial charge on any atom is -0.335 e. The van der Waals surface area contributed by atoms with Crippen molar-refractivity contribution in [1.29, 1.82) is 0 Å². The molecule has 0 unspecified atom stereocenters. The van der Waals surface area contributed by atoms with Crippen LogP contribution in [0.1, 0.15) is 34.9 Å². The number of carbonyl (C=O) groups is 1. The lowest BCUT2D eigenvalue weighted by molar-refractivity contribution is 0.0657. The van der Waals surface area contributed by atoms with Gasteiger partial charge in [-0.05, 0) is 50.2 Å². The Labute approximate surface area is 140 Å². The van der Waals surface area contributed by atoms with Crippen molar-refractivity contribution in [2.24, 2.45) is 0 Å². The summed E-state index contributed by atoms with van der Waals surface area (Å²) in [5, 5.41) is 4.55. The van der Waals surface area contributed by atoms with Gasteiger partial charge in [-0.25, -0.2) is 9.07 Å². The second-order valence-corrected chi connectivity index (χ2v) is 6.71. The van der Waals surface area contributed by atoms with Crippen LogP contribution in [0.25, 0.3) is 5.69 Å². The molecule has 5 nitrogen and oxygen atoms in total. The molecule has 0 bridgehead atoms. The SMILES string of the molecule is CN1CCN(C(=O)c2cc(C3CC3)n(-c3ccc(F)cc3)n2)CC1. The van der Waals surface area contributed by atoms with Gasteiger partial charge in [-0.15, -0.1) is 0 Å². The molecule has 2 heterocycles. The quantitative estimate of drug-likeness (QED) is 0.868. The van der Waals surface area contributed by atoms with Crippen LogP contribution < -0.4 is 0 Å². The first-order valence-electron chi connectivity index (χ1n) is 8.45. The van der Waals surface area contributed by atoms with Gasteiger partial charge >= 0.3 is 0 Å². The maximum Gasteiger partial charge on any atom is 0.274 e. The molecule has 2 aromatic rings. The lowest BCUT2D eigenvalue weighted by Gasteiger charge is -2.31. The Kier molecular flexibility index (Phi) is 3.84. The zero-order valence-electron chi connectivity index (χ0n) is 13.8. The summed E-state index contributed by atoms with van der Waals surface area (Å²) in [5.74, 6) is 0.176. The molecule has 0 N–H and O–H groups in total. The first kappa shape index (κ1) is 15.3. The van der Waals surface area contributed by atoms with Gasteiger partial charge < -0.3 is 9.80 Å². The number of benzene rings is 1. The fourth-order valence-corrected chi connectivity index (χ4v) is 3.13. The first-order valence-corrected chi connectivity index (χ1v) is 8.45. The molecule has 0 radical (unpaired) electrons. The van der Waals surface area contributed by atoms with E-state index in [1.807, 2.05) is 11.0 Å². The highest BCUT2D eigenvalue weighted by molar-refractivity contribution is 5.92. The van der Waals surface area contributed by atoms with E-state index >= 15 is 0 Å². The summed E-state index contributed by atoms with van der Waals surface area (Å²) >= 11 is 0. The fraction of sp³-hybridized carbons (Fsp3) is 0.444. The van der Waals surface area contributed by atoms with Crippen LogP contribution in [0.15, 0.2) is 30.3 Å². The van der Waals surface area contributed by atoms with E-state index in [0.29, 0.717) is 11.6 Å². The molecule has 1 saturated heterocycles. The maximum atomic E-state index is 13.2. The van der Waals surface area contributed by atoms with Gasteiger partial charge in [0, 0.05) is 37.8 Å². The molecule has 126 valence electrons. The average Bonchev–Trinajstić information content (AvgIpc) is 3.34. The smallest absolute Gasteiger partial charge is 0.274 e. The highest BCUT2D eigenvalue weighted by Gasteiger charge is 2.31. The molecule has 2 aliphatic rings. The van der Waals surface area contributed by atoms with Gasteiger partial charge in [-0.1, -0.05) is 0 Å². The molecule has 24 heavy (non-hydrogen) atoms. The highest BCUT2D eigenvalue weighted by atomic mass is 19.1. The second-order valence-electron chi connectivity index (χ2n) is 6.71. The van der Waals surface area contributed by atoms with Gasteiger partial charge in [0.2, 0.25) is 0 Å². The Morgan fingerprint density at radius 3 is 2.42 bits per heavy atom. The Bertz CT molecular complexity index is 743. The Morgan fingerprint density at radius 2 is 1.79 bits per heavy atom. The van der Waals surface area contributed by atoms with Gasteiger partial charge in [-0.3, -0.25) is 4.79 Å². The molecule has 1 aromatic carbocycles. The highest BCUT2D eigenvalue weighted by Crippen LogP contribution is 2.41. The van der Waals surface area contributed by atoms with Crippen LogP contribution >= 0.6 is 0 Å². The van der Waals surface area contributed by atoms with Crippen molar-refractivity contribution < 1.29 is 9.18 Å². The molecule has 1 aliphatic carbocycles. The number of aromatic nitrogens is 2. The van der Waals surface area contributed by atoms with E-state index in [-0.39, 0.29) is 11.7 Å². The standard InChI is InChI=1S/C18H21FN4O/c1-21-8-10-22(11-9-21)18(24)16-12-17(13-2-3-13)23(20-16)15-6-4-14(19)5-7-15/h4-7,12-13H,2-3,8-11H2,1H3. The van der Waals surface area contributed by atoms with E-state index in [0.717, 1.165) is 50.4 Å². The molecule has 0 spiro atoms. The third kappa shape index (κ3) is 2.94. The zero-order chi connectivity index (χ0) is 16.7. The van der Waals surface area contributed by atoms with Crippen molar-refractivity contribution in [1.82, 2.24) is 19.6 Å². The Morgan fingerprint density at radius 1 is 1.12 bits per heavy atom. The second kappa shape index (κ2) is 6.02. The summed E-state index contributed by atoms with van der Waals surface area (Å²) in [5.41, 5.74) is 2.35. The molecule has 0 atom stereocenters. The van der Waals surface area contributed by atoms with E-state index in [1.165, 1.54) is 12.1 Å². The molecular formula is C18H21FN4O. The van der Waals surface area contributed by atoms with E-state index in [4.69, 9.17) is 0 Å². The summed E-state index contributed by atoms with van der Waals surface area (Å²) in [7, 11) is 2.07. The van der Waals surface area contributed by atoms with Crippen molar-refractivity contribution in [2.75, 3.05) is 33.2 Å². The number of nitrogens with zero attached hydrogens (tertiary/aromatic N) is 4. The van der Waals surface area contributed by atoms with Crippen LogP contribution in [-0.4, -0.2) is 58.7 Å². The number of carbonyl (C=O) groups excluding carboxylic acids is 1. The van der Waals surface area contributed by atoms with E-state index < -0.39 is 0 Å². The fourth-order valence-electron chi connectivity index (χ4n) is 3.13. The minimum absolute atomic E-state index is 0.00846. The molecule has 1 aromatic heterocycles. The summed E-state index contributed by atoms with van der Waals surface area (Å²) in [6.45, 7) is 3.24. The van der Waals surface area contributed by atoms with Gasteiger partial charge in [0.25, 0.3) is 5.91 Å². The predicted octanol–water partition coefficient (Wildman–Crippen LogP) is 2.28. The number of halogens is 1. The van der Waals surface area contributed by atoms with Gasteiger partial charge in [0.05, 0.1) is 5.69 Å². The van der Waals surface area contributed by atoms with E-state index in [2.05, 4.69) is 17.0 Å². The summed E-state index contributed by atoms with van der Waals surface area (Å²) < 4.78 is 15.0. The van der Waals surface area contributed by atoms with Crippen molar-refractivity contribution in [2.45, 2.75) is 18.8 Å². The van der Waals surface area contributed by atoms with Crippen molar-refractivity contribution in [3.05, 3.63) is 47.5 Å². The molecule has 4 rings (SSSR count). The average molecular weight is 328 g/mol. The van der Waals surface area contributed by atoms with Crippen molar-refractivity contribution in [3.8, 4) is 5.69 Å². The Hall–Kier alpha value is -2.21. The third-order valence-electron chi connectivity index (χ3n) is 4.81. The summed E-state index contributed by atoms with van der Waals surface area (Å²) in [4.78, 5) is 16.9. The number of hydrogen-bond acceptors (Lipinski definition) is 3. The van der Waals surface area contributed by atoms with Gasteiger partial charge in [0.1, 0.15) is 5.82 Å². The van der Waals surface area contributed by atoms with Crippen molar-refractivity contribution in [3.63, 3.8) is 0 Å². The van der Waals surface area contributed by atoms with Crippen LogP contribution in [0.5, 0.6) is 0 Å². The largest absolute Gasteiger partial charge is 0.335 e. The lowest BCUT2D eigenvalue weighted by Crippen LogP contribution is -2.47. The van der Waals surface area contributed by atoms with Crippen LogP contribution in [0.3, 0.4) is 0 Å². The van der Waals surface area contributed by atoms with Gasteiger partial charge in [0.15, 0.2) is 5.69 Å². The monoisotopic (exact) mass is 328 g/mol. The number of likely N-dealkylation sites (N-methyl/N-ethyl adjacent to an activating group) is 1. The predicted molar refractivity (Wildman–Crippen MR) is 88.9 cm³/mol. The maximum absolute atomic E-state index is 13.2. The number of amides is 1. The normalized spacial score (nSPS) is 18.8. The van der Waals surface area contributed by atoms with Crippen molar-refractivity contribution >= 4 is 5.91 Å².